The van der Waals surface area contributed by atoms with Crippen molar-refractivity contribution in [1.29, 1.82) is 0 Å². The van der Waals surface area contributed by atoms with E-state index in [4.69, 9.17) is 4.52 Å². The molecular weight excluding hydrogens is 340 g/mol. The second-order valence-electron chi connectivity index (χ2n) is 6.15. The highest BCUT2D eigenvalue weighted by Gasteiger charge is 2.13. The van der Waals surface area contributed by atoms with Gasteiger partial charge in [0.1, 0.15) is 5.76 Å². The van der Waals surface area contributed by atoms with E-state index >= 15 is 0 Å². The zero-order valence-corrected chi connectivity index (χ0v) is 16.1. The van der Waals surface area contributed by atoms with Gasteiger partial charge in [0.15, 0.2) is 5.96 Å². The van der Waals surface area contributed by atoms with Crippen LogP contribution in [0.4, 0.5) is 0 Å². The number of para-hydroxylation sites is 1. The number of guanidine groups is 1. The average molecular weight is 366 g/mol. The van der Waals surface area contributed by atoms with Crippen LogP contribution < -0.4 is 10.6 Å². The fourth-order valence-corrected chi connectivity index (χ4v) is 2.89. The van der Waals surface area contributed by atoms with Gasteiger partial charge >= 0.3 is 0 Å². The highest BCUT2D eigenvalue weighted by atomic mass is 16.5. The molecule has 0 spiro atoms. The molecule has 2 aromatic heterocycles. The molecule has 0 aliphatic carbocycles. The Labute approximate surface area is 159 Å². The van der Waals surface area contributed by atoms with Crippen LogP contribution in [0.2, 0.25) is 0 Å². The average Bonchev–Trinajstić information content (AvgIpc) is 3.35. The molecule has 0 saturated heterocycles. The monoisotopic (exact) mass is 366 g/mol. The number of hydrogen-bond acceptors (Lipinski definition) is 4. The summed E-state index contributed by atoms with van der Waals surface area (Å²) < 4.78 is 7.28. The number of aromatic nitrogens is 3. The quantitative estimate of drug-likeness (QED) is 0.496. The van der Waals surface area contributed by atoms with E-state index in [0.717, 1.165) is 47.1 Å². The Hall–Kier alpha value is -3.09. The molecule has 0 fully saturated rings. The van der Waals surface area contributed by atoms with Gasteiger partial charge in [0.25, 0.3) is 0 Å². The lowest BCUT2D eigenvalue weighted by Gasteiger charge is -2.11. The second-order valence-corrected chi connectivity index (χ2v) is 6.15. The summed E-state index contributed by atoms with van der Waals surface area (Å²) in [6.45, 7) is 5.43. The van der Waals surface area contributed by atoms with Gasteiger partial charge in [-0.1, -0.05) is 37.2 Å². The molecule has 0 atom stereocenters. The van der Waals surface area contributed by atoms with Crippen molar-refractivity contribution in [2.45, 2.75) is 39.8 Å². The topological polar surface area (TPSA) is 80.3 Å². The number of aryl methyl sites for hydroxylation is 2. The van der Waals surface area contributed by atoms with Crippen LogP contribution in [0.15, 0.2) is 52.2 Å². The maximum absolute atomic E-state index is 5.41. The standard InChI is InChI=1S/C20H26N6O/c1-4-18-17(19(5-2)27-25-18)13-23-20(21-3)22-11-15-12-24-26(14-15)16-9-7-6-8-10-16/h6-10,12,14H,4-5,11,13H2,1-3H3,(H2,21,22,23). The molecular formula is C20H26N6O. The molecule has 0 amide bonds. The summed E-state index contributed by atoms with van der Waals surface area (Å²) in [4.78, 5) is 4.29. The first kappa shape index (κ1) is 18.7. The molecule has 27 heavy (non-hydrogen) atoms. The fourth-order valence-electron chi connectivity index (χ4n) is 2.89. The SMILES string of the molecule is CCc1noc(CC)c1CNC(=NC)NCc1cnn(-c2ccccc2)c1. The predicted octanol–water partition coefficient (Wildman–Crippen LogP) is 2.85. The van der Waals surface area contributed by atoms with E-state index in [1.54, 1.807) is 7.05 Å². The van der Waals surface area contributed by atoms with Crippen molar-refractivity contribution in [3.8, 4) is 5.69 Å². The summed E-state index contributed by atoms with van der Waals surface area (Å²) in [7, 11) is 1.76. The molecule has 7 heteroatoms. The molecule has 0 bridgehead atoms. The molecule has 0 unspecified atom stereocenters. The molecule has 0 aliphatic rings. The van der Waals surface area contributed by atoms with Gasteiger partial charge in [0.05, 0.1) is 17.6 Å². The lowest BCUT2D eigenvalue weighted by molar-refractivity contribution is 0.380. The minimum atomic E-state index is 0.636. The Balaban J connectivity index is 1.57. The molecule has 0 aliphatic heterocycles. The van der Waals surface area contributed by atoms with E-state index in [1.807, 2.05) is 47.4 Å². The smallest absolute Gasteiger partial charge is 0.191 e. The minimum Gasteiger partial charge on any atom is -0.361 e. The normalized spacial score (nSPS) is 11.6. The highest BCUT2D eigenvalue weighted by Crippen LogP contribution is 2.15. The lowest BCUT2D eigenvalue weighted by Crippen LogP contribution is -2.36. The Kier molecular flexibility index (Phi) is 6.25. The van der Waals surface area contributed by atoms with Gasteiger partial charge in [-0.25, -0.2) is 4.68 Å². The number of nitrogens with zero attached hydrogens (tertiary/aromatic N) is 4. The number of rotatable bonds is 7. The number of benzene rings is 1. The summed E-state index contributed by atoms with van der Waals surface area (Å²) >= 11 is 0. The van der Waals surface area contributed by atoms with Crippen molar-refractivity contribution >= 4 is 5.96 Å². The third kappa shape index (κ3) is 4.55. The molecule has 7 nitrogen and oxygen atoms in total. The predicted molar refractivity (Wildman–Crippen MR) is 106 cm³/mol. The van der Waals surface area contributed by atoms with Gasteiger partial charge in [-0.3, -0.25) is 4.99 Å². The first-order chi connectivity index (χ1) is 13.2. The van der Waals surface area contributed by atoms with Gasteiger partial charge in [-0.05, 0) is 18.6 Å². The van der Waals surface area contributed by atoms with Gasteiger partial charge in [-0.15, -0.1) is 0 Å². The van der Waals surface area contributed by atoms with E-state index in [1.165, 1.54) is 0 Å². The second kappa shape index (κ2) is 9.02. The van der Waals surface area contributed by atoms with Crippen LogP contribution >= 0.6 is 0 Å². The Morgan fingerprint density at radius 2 is 1.89 bits per heavy atom. The third-order valence-corrected chi connectivity index (χ3v) is 4.38. The van der Waals surface area contributed by atoms with E-state index in [2.05, 4.69) is 39.7 Å². The van der Waals surface area contributed by atoms with Crippen molar-refractivity contribution in [2.24, 2.45) is 4.99 Å². The largest absolute Gasteiger partial charge is 0.361 e. The number of aliphatic imine (C=N–C) groups is 1. The van der Waals surface area contributed by atoms with Crippen LogP contribution in [0.3, 0.4) is 0 Å². The molecule has 3 aromatic rings. The fraction of sp³-hybridized carbons (Fsp3) is 0.350. The first-order valence-corrected chi connectivity index (χ1v) is 9.24. The number of nitrogens with one attached hydrogen (secondary N) is 2. The van der Waals surface area contributed by atoms with Crippen LogP contribution in [-0.2, 0) is 25.9 Å². The molecule has 2 heterocycles. The summed E-state index contributed by atoms with van der Waals surface area (Å²) in [6.07, 6.45) is 5.55. The highest BCUT2D eigenvalue weighted by molar-refractivity contribution is 5.79. The van der Waals surface area contributed by atoms with Gasteiger partial charge < -0.3 is 15.2 Å². The van der Waals surface area contributed by atoms with Crippen molar-refractivity contribution in [1.82, 2.24) is 25.6 Å². The van der Waals surface area contributed by atoms with Crippen molar-refractivity contribution in [3.05, 3.63) is 65.3 Å². The van der Waals surface area contributed by atoms with Gasteiger partial charge in [-0.2, -0.15) is 5.10 Å². The van der Waals surface area contributed by atoms with Crippen LogP contribution in [0.5, 0.6) is 0 Å². The van der Waals surface area contributed by atoms with E-state index in [-0.39, 0.29) is 0 Å². The molecule has 3 rings (SSSR count). The molecule has 2 N–H and O–H groups in total. The van der Waals surface area contributed by atoms with Crippen LogP contribution in [0, 0.1) is 0 Å². The van der Waals surface area contributed by atoms with Gasteiger partial charge in [0.2, 0.25) is 0 Å². The van der Waals surface area contributed by atoms with Crippen molar-refractivity contribution in [2.75, 3.05) is 7.05 Å². The van der Waals surface area contributed by atoms with Crippen LogP contribution in [-0.4, -0.2) is 27.9 Å². The molecule has 0 radical (unpaired) electrons. The van der Waals surface area contributed by atoms with Crippen LogP contribution in [0.1, 0.15) is 36.4 Å². The lowest BCUT2D eigenvalue weighted by atomic mass is 10.1. The Morgan fingerprint density at radius 1 is 1.11 bits per heavy atom. The number of hydrogen-bond donors (Lipinski definition) is 2. The zero-order chi connectivity index (χ0) is 19.1. The minimum absolute atomic E-state index is 0.636. The van der Waals surface area contributed by atoms with Crippen molar-refractivity contribution < 1.29 is 4.52 Å². The van der Waals surface area contributed by atoms with Crippen molar-refractivity contribution in [3.63, 3.8) is 0 Å². The first-order valence-electron chi connectivity index (χ1n) is 9.24. The molecule has 142 valence electrons. The third-order valence-electron chi connectivity index (χ3n) is 4.38. The summed E-state index contributed by atoms with van der Waals surface area (Å²) in [5.74, 6) is 1.66. The Bertz CT molecular complexity index is 860. The maximum Gasteiger partial charge on any atom is 0.191 e. The summed E-state index contributed by atoms with van der Waals surface area (Å²) in [5, 5.41) is 15.2. The zero-order valence-electron chi connectivity index (χ0n) is 16.1. The summed E-state index contributed by atoms with van der Waals surface area (Å²) in [6, 6.07) is 10.1. The van der Waals surface area contributed by atoms with Gasteiger partial charge in [0, 0.05) is 43.9 Å². The van der Waals surface area contributed by atoms with E-state index < -0.39 is 0 Å². The summed E-state index contributed by atoms with van der Waals surface area (Å²) in [5.41, 5.74) is 4.24. The molecule has 1 aromatic carbocycles. The molecule has 0 saturated carbocycles. The van der Waals surface area contributed by atoms with E-state index in [0.29, 0.717) is 13.1 Å². The Morgan fingerprint density at radius 3 is 2.59 bits per heavy atom. The van der Waals surface area contributed by atoms with E-state index in [9.17, 15) is 0 Å². The van der Waals surface area contributed by atoms with Crippen LogP contribution in [0.25, 0.3) is 5.69 Å². The maximum atomic E-state index is 5.41.